The number of rotatable bonds is 3. The van der Waals surface area contributed by atoms with Gasteiger partial charge >= 0.3 is 0 Å². The molecule has 5 heteroatoms. The number of aryl methyl sites for hydroxylation is 2. The molecule has 1 aromatic carbocycles. The third kappa shape index (κ3) is 3.74. The second kappa shape index (κ2) is 6.91. The van der Waals surface area contributed by atoms with E-state index in [9.17, 15) is 4.79 Å². The van der Waals surface area contributed by atoms with Gasteiger partial charge in [0.2, 0.25) is 0 Å². The molecule has 1 aliphatic heterocycles. The number of aliphatic hydroxyl groups is 1. The van der Waals surface area contributed by atoms with Gasteiger partial charge in [-0.2, -0.15) is 0 Å². The highest BCUT2D eigenvalue weighted by molar-refractivity contribution is 5.96. The van der Waals surface area contributed by atoms with E-state index in [0.717, 1.165) is 37.2 Å². The number of carbonyl (C=O) groups excluding carboxylic acids is 1. The number of benzene rings is 1. The van der Waals surface area contributed by atoms with Crippen molar-refractivity contribution in [3.8, 4) is 0 Å². The summed E-state index contributed by atoms with van der Waals surface area (Å²) in [6.45, 7) is 7.96. The number of nitrogens with zero attached hydrogens (tertiary/aromatic N) is 2. The summed E-state index contributed by atoms with van der Waals surface area (Å²) in [5.41, 5.74) is 9.30. The summed E-state index contributed by atoms with van der Waals surface area (Å²) < 4.78 is 0. The van der Waals surface area contributed by atoms with Crippen LogP contribution in [0.3, 0.4) is 0 Å². The molecule has 0 radical (unpaired) electrons. The van der Waals surface area contributed by atoms with Crippen LogP contribution in [0, 0.1) is 13.8 Å². The monoisotopic (exact) mass is 291 g/mol. The smallest absolute Gasteiger partial charge is 0.254 e. The summed E-state index contributed by atoms with van der Waals surface area (Å²) in [4.78, 5) is 16.8. The average molecular weight is 291 g/mol. The third-order valence-corrected chi connectivity index (χ3v) is 4.14. The molecule has 1 aliphatic rings. The molecule has 1 amide bonds. The minimum atomic E-state index is 0.0602. The molecule has 116 valence electrons. The van der Waals surface area contributed by atoms with E-state index in [1.807, 2.05) is 24.8 Å². The summed E-state index contributed by atoms with van der Waals surface area (Å²) in [6, 6.07) is 3.77. The summed E-state index contributed by atoms with van der Waals surface area (Å²) in [7, 11) is 0. The van der Waals surface area contributed by atoms with Crippen LogP contribution in [-0.4, -0.2) is 60.1 Å². The molecule has 0 aliphatic carbocycles. The molecule has 3 N–H and O–H groups in total. The molecular formula is C16H25N3O2. The standard InChI is InChI=1S/C16H25N3O2/c1-12-10-13(2)15(17)11-14(12)16(21)19-5-3-4-18(6-7-19)8-9-20/h10-11,20H,3-9,17H2,1-2H3. The molecule has 2 rings (SSSR count). The Hall–Kier alpha value is -1.59. The first-order valence-electron chi connectivity index (χ1n) is 7.52. The largest absolute Gasteiger partial charge is 0.398 e. The zero-order valence-electron chi connectivity index (χ0n) is 12.9. The van der Waals surface area contributed by atoms with Crippen LogP contribution in [0.4, 0.5) is 5.69 Å². The lowest BCUT2D eigenvalue weighted by atomic mass is 10.0. The van der Waals surface area contributed by atoms with Crippen LogP contribution in [-0.2, 0) is 0 Å². The van der Waals surface area contributed by atoms with Gasteiger partial charge in [0.1, 0.15) is 0 Å². The van der Waals surface area contributed by atoms with Crippen LogP contribution in [0.25, 0.3) is 0 Å². The van der Waals surface area contributed by atoms with E-state index >= 15 is 0 Å². The number of aliphatic hydroxyl groups excluding tert-OH is 1. The highest BCUT2D eigenvalue weighted by Crippen LogP contribution is 2.20. The number of amides is 1. The number of carbonyl (C=O) groups is 1. The lowest BCUT2D eigenvalue weighted by Crippen LogP contribution is -2.36. The van der Waals surface area contributed by atoms with E-state index in [4.69, 9.17) is 10.8 Å². The Kier molecular flexibility index (Phi) is 5.20. The fraction of sp³-hybridized carbons (Fsp3) is 0.562. The second-order valence-corrected chi connectivity index (χ2v) is 5.73. The zero-order valence-corrected chi connectivity index (χ0v) is 12.9. The molecule has 1 aromatic rings. The quantitative estimate of drug-likeness (QED) is 0.816. The Bertz CT molecular complexity index is 516. The van der Waals surface area contributed by atoms with Crippen molar-refractivity contribution >= 4 is 11.6 Å². The van der Waals surface area contributed by atoms with Crippen LogP contribution >= 0.6 is 0 Å². The van der Waals surface area contributed by atoms with Gasteiger partial charge in [0.15, 0.2) is 0 Å². The Morgan fingerprint density at radius 3 is 2.67 bits per heavy atom. The van der Waals surface area contributed by atoms with Crippen molar-refractivity contribution in [1.29, 1.82) is 0 Å². The molecule has 21 heavy (non-hydrogen) atoms. The first-order valence-corrected chi connectivity index (χ1v) is 7.52. The first kappa shape index (κ1) is 15.8. The molecule has 0 spiro atoms. The number of nitrogen functional groups attached to an aromatic ring is 1. The lowest BCUT2D eigenvalue weighted by molar-refractivity contribution is 0.0760. The topological polar surface area (TPSA) is 69.8 Å². The molecule has 5 nitrogen and oxygen atoms in total. The van der Waals surface area contributed by atoms with Crippen LogP contribution in [0.1, 0.15) is 27.9 Å². The molecular weight excluding hydrogens is 266 g/mol. The third-order valence-electron chi connectivity index (χ3n) is 4.14. The van der Waals surface area contributed by atoms with E-state index in [-0.39, 0.29) is 12.5 Å². The van der Waals surface area contributed by atoms with Gasteiger partial charge in [-0.05, 0) is 44.0 Å². The van der Waals surface area contributed by atoms with Gasteiger partial charge < -0.3 is 15.7 Å². The molecule has 0 atom stereocenters. The minimum Gasteiger partial charge on any atom is -0.398 e. The van der Waals surface area contributed by atoms with E-state index < -0.39 is 0 Å². The van der Waals surface area contributed by atoms with Gasteiger partial charge in [-0.15, -0.1) is 0 Å². The average Bonchev–Trinajstić information content (AvgIpc) is 2.68. The van der Waals surface area contributed by atoms with Crippen molar-refractivity contribution in [2.24, 2.45) is 0 Å². The van der Waals surface area contributed by atoms with Crippen LogP contribution in [0.2, 0.25) is 0 Å². The number of hydrogen-bond donors (Lipinski definition) is 2. The molecule has 1 saturated heterocycles. The second-order valence-electron chi connectivity index (χ2n) is 5.73. The number of hydrogen-bond acceptors (Lipinski definition) is 4. The zero-order chi connectivity index (χ0) is 15.4. The number of β-amino-alcohol motifs (C(OH)–C–C–N with tert-alkyl or cyclic N) is 1. The minimum absolute atomic E-state index is 0.0602. The highest BCUT2D eigenvalue weighted by Gasteiger charge is 2.21. The van der Waals surface area contributed by atoms with Gasteiger partial charge in [0.05, 0.1) is 6.61 Å². The lowest BCUT2D eigenvalue weighted by Gasteiger charge is -2.22. The fourth-order valence-corrected chi connectivity index (χ4v) is 2.81. The van der Waals surface area contributed by atoms with Gasteiger partial charge in [0.25, 0.3) is 5.91 Å². The molecule has 0 saturated carbocycles. The predicted molar refractivity (Wildman–Crippen MR) is 84.4 cm³/mol. The Morgan fingerprint density at radius 1 is 1.19 bits per heavy atom. The predicted octanol–water partition coefficient (Wildman–Crippen LogP) is 1.03. The fourth-order valence-electron chi connectivity index (χ4n) is 2.81. The van der Waals surface area contributed by atoms with Crippen molar-refractivity contribution in [2.45, 2.75) is 20.3 Å². The van der Waals surface area contributed by atoms with Crippen LogP contribution in [0.15, 0.2) is 12.1 Å². The van der Waals surface area contributed by atoms with Gasteiger partial charge in [-0.1, -0.05) is 6.07 Å². The molecule has 1 fully saturated rings. The molecule has 0 bridgehead atoms. The Balaban J connectivity index is 2.11. The molecule has 0 unspecified atom stereocenters. The van der Waals surface area contributed by atoms with E-state index in [0.29, 0.717) is 24.3 Å². The number of anilines is 1. The van der Waals surface area contributed by atoms with Crippen molar-refractivity contribution in [3.05, 3.63) is 28.8 Å². The first-order chi connectivity index (χ1) is 10.0. The molecule has 1 heterocycles. The summed E-state index contributed by atoms with van der Waals surface area (Å²) >= 11 is 0. The van der Waals surface area contributed by atoms with Crippen molar-refractivity contribution in [2.75, 3.05) is 45.1 Å². The maximum absolute atomic E-state index is 12.7. The summed E-state index contributed by atoms with van der Waals surface area (Å²) in [5, 5.41) is 9.02. The van der Waals surface area contributed by atoms with Crippen LogP contribution in [0.5, 0.6) is 0 Å². The van der Waals surface area contributed by atoms with Gasteiger partial charge in [0, 0.05) is 37.4 Å². The van der Waals surface area contributed by atoms with Gasteiger partial charge in [-0.25, -0.2) is 0 Å². The van der Waals surface area contributed by atoms with E-state index in [2.05, 4.69) is 4.90 Å². The Labute approximate surface area is 126 Å². The van der Waals surface area contributed by atoms with Crippen molar-refractivity contribution < 1.29 is 9.90 Å². The summed E-state index contributed by atoms with van der Waals surface area (Å²) in [5.74, 6) is 0.0602. The van der Waals surface area contributed by atoms with Crippen molar-refractivity contribution in [3.63, 3.8) is 0 Å². The highest BCUT2D eigenvalue weighted by atomic mass is 16.3. The maximum atomic E-state index is 12.7. The van der Waals surface area contributed by atoms with E-state index in [1.165, 1.54) is 0 Å². The van der Waals surface area contributed by atoms with Crippen LogP contribution < -0.4 is 5.73 Å². The Morgan fingerprint density at radius 2 is 1.95 bits per heavy atom. The van der Waals surface area contributed by atoms with Gasteiger partial charge in [-0.3, -0.25) is 9.69 Å². The summed E-state index contributed by atoms with van der Waals surface area (Å²) in [6.07, 6.45) is 0.937. The van der Waals surface area contributed by atoms with E-state index in [1.54, 1.807) is 6.07 Å². The maximum Gasteiger partial charge on any atom is 0.254 e. The molecule has 0 aromatic heterocycles. The normalized spacial score (nSPS) is 16.8. The number of nitrogens with two attached hydrogens (primary N) is 1. The SMILES string of the molecule is Cc1cc(C)c(C(=O)N2CCCN(CCO)CC2)cc1N. The van der Waals surface area contributed by atoms with Crippen molar-refractivity contribution in [1.82, 2.24) is 9.80 Å².